The lowest BCUT2D eigenvalue weighted by molar-refractivity contribution is -0.0294. The van der Waals surface area contributed by atoms with Crippen LogP contribution in [0.5, 0.6) is 0 Å². The Morgan fingerprint density at radius 1 is 1.20 bits per heavy atom. The van der Waals surface area contributed by atoms with Crippen molar-refractivity contribution in [2.45, 2.75) is 63.3 Å². The number of halogens is 1. The van der Waals surface area contributed by atoms with Gasteiger partial charge < -0.3 is 14.6 Å². The highest BCUT2D eigenvalue weighted by Gasteiger charge is 2.25. The molecule has 1 saturated heterocycles. The topological polar surface area (TPSA) is 41.9 Å². The Balaban J connectivity index is 1.50. The van der Waals surface area contributed by atoms with Gasteiger partial charge in [-0.2, -0.15) is 0 Å². The Morgan fingerprint density at radius 3 is 2.72 bits per heavy atom. The number of ether oxygens (including phenoxy) is 2. The van der Waals surface area contributed by atoms with E-state index in [0.717, 1.165) is 36.6 Å². The van der Waals surface area contributed by atoms with E-state index in [-0.39, 0.29) is 6.10 Å². The summed E-state index contributed by atoms with van der Waals surface area (Å²) >= 11 is 6.34. The molecule has 1 aromatic carbocycles. The Kier molecular flexibility index (Phi) is 7.56. The third kappa shape index (κ3) is 5.93. The summed E-state index contributed by atoms with van der Waals surface area (Å²) in [5, 5.41) is 11.3. The van der Waals surface area contributed by atoms with Crippen molar-refractivity contribution in [3.05, 3.63) is 34.9 Å². The van der Waals surface area contributed by atoms with E-state index in [1.807, 2.05) is 18.2 Å². The summed E-state index contributed by atoms with van der Waals surface area (Å²) in [4.78, 5) is 2.38. The van der Waals surface area contributed by atoms with Crippen LogP contribution in [0.15, 0.2) is 24.3 Å². The van der Waals surface area contributed by atoms with Gasteiger partial charge in [-0.1, -0.05) is 42.6 Å². The maximum atomic E-state index is 10.5. The molecule has 1 heterocycles. The van der Waals surface area contributed by atoms with E-state index in [2.05, 4.69) is 11.0 Å². The van der Waals surface area contributed by atoms with Crippen LogP contribution in [0.4, 0.5) is 0 Å². The molecule has 2 atom stereocenters. The number of hydrogen-bond donors (Lipinski definition) is 1. The summed E-state index contributed by atoms with van der Waals surface area (Å²) in [6.45, 7) is 3.20. The highest BCUT2D eigenvalue weighted by Crippen LogP contribution is 2.27. The monoisotopic (exact) mass is 367 g/mol. The van der Waals surface area contributed by atoms with Crippen LogP contribution in [0.2, 0.25) is 5.02 Å². The number of hydrogen-bond acceptors (Lipinski definition) is 4. The molecule has 1 aliphatic carbocycles. The van der Waals surface area contributed by atoms with Gasteiger partial charge in [0, 0.05) is 30.8 Å². The standard InChI is InChI=1S/C20H30ClNO3/c21-20-10-4-1-6-16(20)12-22(17-7-2-3-8-17)13-18(23)14-24-15-19-9-5-11-25-19/h1,4,6,10,17-19,23H,2-3,5,7-9,11-15H2. The molecular formula is C20H30ClNO3. The van der Waals surface area contributed by atoms with E-state index >= 15 is 0 Å². The molecule has 1 aromatic rings. The molecule has 5 heteroatoms. The lowest BCUT2D eigenvalue weighted by Gasteiger charge is -2.31. The fraction of sp³-hybridized carbons (Fsp3) is 0.700. The first-order chi connectivity index (χ1) is 12.2. The van der Waals surface area contributed by atoms with Crippen LogP contribution in [0.25, 0.3) is 0 Å². The Morgan fingerprint density at radius 2 is 2.00 bits per heavy atom. The second-order valence-corrected chi connectivity index (χ2v) is 7.69. The second-order valence-electron chi connectivity index (χ2n) is 7.29. The zero-order valence-electron chi connectivity index (χ0n) is 14.9. The zero-order valence-corrected chi connectivity index (χ0v) is 15.7. The normalized spacial score (nSPS) is 22.8. The van der Waals surface area contributed by atoms with Crippen LogP contribution in [-0.2, 0) is 16.0 Å². The Bertz CT molecular complexity index is 515. The van der Waals surface area contributed by atoms with E-state index in [4.69, 9.17) is 21.1 Å². The average molecular weight is 368 g/mol. The lowest BCUT2D eigenvalue weighted by Crippen LogP contribution is -2.40. The Labute approximate surface area is 156 Å². The van der Waals surface area contributed by atoms with Crippen molar-refractivity contribution in [1.82, 2.24) is 4.90 Å². The van der Waals surface area contributed by atoms with Gasteiger partial charge in [0.05, 0.1) is 25.4 Å². The summed E-state index contributed by atoms with van der Waals surface area (Å²) in [6, 6.07) is 8.52. The van der Waals surface area contributed by atoms with Crippen LogP contribution in [0, 0.1) is 0 Å². The summed E-state index contributed by atoms with van der Waals surface area (Å²) in [6.07, 6.45) is 6.86. The van der Waals surface area contributed by atoms with Crippen molar-refractivity contribution in [3.8, 4) is 0 Å². The van der Waals surface area contributed by atoms with E-state index in [1.54, 1.807) is 0 Å². The van der Waals surface area contributed by atoms with E-state index in [9.17, 15) is 5.11 Å². The molecule has 2 aliphatic rings. The van der Waals surface area contributed by atoms with Crippen molar-refractivity contribution >= 4 is 11.6 Å². The molecule has 0 spiro atoms. The van der Waals surface area contributed by atoms with Crippen LogP contribution < -0.4 is 0 Å². The van der Waals surface area contributed by atoms with Gasteiger partial charge in [0.15, 0.2) is 0 Å². The number of nitrogens with zero attached hydrogens (tertiary/aromatic N) is 1. The fourth-order valence-electron chi connectivity index (χ4n) is 3.89. The zero-order chi connectivity index (χ0) is 17.5. The molecule has 0 aromatic heterocycles. The Hall–Kier alpha value is -0.650. The molecular weight excluding hydrogens is 338 g/mol. The van der Waals surface area contributed by atoms with E-state index in [1.165, 1.54) is 25.7 Å². The summed E-state index contributed by atoms with van der Waals surface area (Å²) in [7, 11) is 0. The molecule has 1 N–H and O–H groups in total. The van der Waals surface area contributed by atoms with Crippen molar-refractivity contribution in [2.24, 2.45) is 0 Å². The van der Waals surface area contributed by atoms with Crippen molar-refractivity contribution in [3.63, 3.8) is 0 Å². The highest BCUT2D eigenvalue weighted by atomic mass is 35.5. The largest absolute Gasteiger partial charge is 0.389 e. The molecule has 0 bridgehead atoms. The number of benzene rings is 1. The van der Waals surface area contributed by atoms with Gasteiger partial charge >= 0.3 is 0 Å². The third-order valence-electron chi connectivity index (χ3n) is 5.26. The van der Waals surface area contributed by atoms with E-state index < -0.39 is 6.10 Å². The van der Waals surface area contributed by atoms with Crippen LogP contribution in [0.3, 0.4) is 0 Å². The third-order valence-corrected chi connectivity index (χ3v) is 5.62. The van der Waals surface area contributed by atoms with Gasteiger partial charge in [0.2, 0.25) is 0 Å². The quantitative estimate of drug-likeness (QED) is 0.723. The lowest BCUT2D eigenvalue weighted by atomic mass is 10.1. The number of aliphatic hydroxyl groups is 1. The predicted molar refractivity (Wildman–Crippen MR) is 99.9 cm³/mol. The predicted octanol–water partition coefficient (Wildman–Crippen LogP) is 3.64. The molecule has 2 fully saturated rings. The molecule has 3 rings (SSSR count). The molecule has 25 heavy (non-hydrogen) atoms. The molecule has 0 amide bonds. The minimum Gasteiger partial charge on any atom is -0.389 e. The van der Waals surface area contributed by atoms with Gasteiger partial charge in [0.25, 0.3) is 0 Å². The van der Waals surface area contributed by atoms with E-state index in [0.29, 0.717) is 25.8 Å². The average Bonchev–Trinajstić information content (AvgIpc) is 3.29. The fourth-order valence-corrected chi connectivity index (χ4v) is 4.09. The molecule has 0 radical (unpaired) electrons. The van der Waals surface area contributed by atoms with Gasteiger partial charge in [-0.15, -0.1) is 0 Å². The summed E-state index contributed by atoms with van der Waals surface area (Å²) in [5.41, 5.74) is 1.13. The molecule has 1 saturated carbocycles. The maximum absolute atomic E-state index is 10.5. The SMILES string of the molecule is OC(COCC1CCCO1)CN(Cc1ccccc1Cl)C1CCCC1. The molecule has 1 aliphatic heterocycles. The molecule has 140 valence electrons. The van der Waals surface area contributed by atoms with Crippen molar-refractivity contribution in [1.29, 1.82) is 0 Å². The van der Waals surface area contributed by atoms with Gasteiger partial charge in [-0.05, 0) is 37.3 Å². The number of aliphatic hydroxyl groups excluding tert-OH is 1. The van der Waals surface area contributed by atoms with Crippen LogP contribution in [-0.4, -0.2) is 54.6 Å². The first kappa shape index (κ1) is 19.1. The molecule has 4 nitrogen and oxygen atoms in total. The number of rotatable bonds is 9. The van der Waals surface area contributed by atoms with Gasteiger partial charge in [-0.25, -0.2) is 0 Å². The minimum atomic E-state index is -0.482. The summed E-state index contributed by atoms with van der Waals surface area (Å²) in [5.74, 6) is 0. The molecule has 2 unspecified atom stereocenters. The van der Waals surface area contributed by atoms with Gasteiger partial charge in [0.1, 0.15) is 0 Å². The second kappa shape index (κ2) is 9.89. The van der Waals surface area contributed by atoms with Crippen molar-refractivity contribution < 1.29 is 14.6 Å². The van der Waals surface area contributed by atoms with Gasteiger partial charge in [-0.3, -0.25) is 4.90 Å². The highest BCUT2D eigenvalue weighted by molar-refractivity contribution is 6.31. The van der Waals surface area contributed by atoms with Crippen LogP contribution >= 0.6 is 11.6 Å². The smallest absolute Gasteiger partial charge is 0.0900 e. The van der Waals surface area contributed by atoms with Crippen molar-refractivity contribution in [2.75, 3.05) is 26.4 Å². The maximum Gasteiger partial charge on any atom is 0.0900 e. The first-order valence-corrected chi connectivity index (χ1v) is 9.95. The van der Waals surface area contributed by atoms with Crippen LogP contribution in [0.1, 0.15) is 44.1 Å². The minimum absolute atomic E-state index is 0.210. The first-order valence-electron chi connectivity index (χ1n) is 9.57. The summed E-state index contributed by atoms with van der Waals surface area (Å²) < 4.78 is 11.2.